The number of hydrogen-bond donors (Lipinski definition) is 2. The molecule has 0 saturated carbocycles. The van der Waals surface area contributed by atoms with E-state index in [1.54, 1.807) is 36.9 Å². The van der Waals surface area contributed by atoms with E-state index in [0.29, 0.717) is 28.6 Å². The summed E-state index contributed by atoms with van der Waals surface area (Å²) in [7, 11) is 0. The number of phenolic OH excluding ortho intramolecular Hbond substituents is 1. The van der Waals surface area contributed by atoms with Crippen LogP contribution in [0.2, 0.25) is 0 Å². The Hall–Kier alpha value is -3.06. The molecule has 2 N–H and O–H groups in total. The lowest BCUT2D eigenvalue weighted by molar-refractivity contribution is 0.167. The first-order valence-electron chi connectivity index (χ1n) is 9.85. The standard InChI is InChI=1S/C22H22FN5O/c1-13(17-10-14-2-5-20(25-14)22(17)23)18-6-7-19(27-26-18)16-4-3-15(11-21(16)29)28-9-8-24-12-28/h3-4,6-9,11-12,14,17,20,22,25,29H,1-2,5,10H2/t14?,17-,20?,22+/m1/s1. The number of phenols is 1. The van der Waals surface area contributed by atoms with E-state index in [4.69, 9.17) is 0 Å². The third-order valence-corrected chi connectivity index (χ3v) is 6.08. The van der Waals surface area contributed by atoms with Crippen LogP contribution in [-0.4, -0.2) is 43.1 Å². The molecule has 3 aromatic rings. The van der Waals surface area contributed by atoms with Crippen LogP contribution >= 0.6 is 0 Å². The number of imidazole rings is 1. The molecule has 2 aliphatic rings. The predicted octanol–water partition coefficient (Wildman–Crippen LogP) is 3.53. The maximum atomic E-state index is 14.8. The maximum absolute atomic E-state index is 14.8. The van der Waals surface area contributed by atoms with Crippen LogP contribution in [0.15, 0.2) is 55.6 Å². The summed E-state index contributed by atoms with van der Waals surface area (Å²) in [6.07, 6.45) is 6.86. The smallest absolute Gasteiger partial charge is 0.127 e. The molecule has 0 amide bonds. The van der Waals surface area contributed by atoms with Gasteiger partial charge in [-0.15, -0.1) is 5.10 Å². The van der Waals surface area contributed by atoms with Crippen LogP contribution in [0.3, 0.4) is 0 Å². The molecule has 2 bridgehead atoms. The summed E-state index contributed by atoms with van der Waals surface area (Å²) in [5.74, 6) is -0.118. The summed E-state index contributed by atoms with van der Waals surface area (Å²) >= 11 is 0. The van der Waals surface area contributed by atoms with Crippen molar-refractivity contribution in [3.05, 3.63) is 61.3 Å². The average molecular weight is 391 g/mol. The number of hydrogen-bond acceptors (Lipinski definition) is 5. The van der Waals surface area contributed by atoms with Gasteiger partial charge in [-0.05, 0) is 49.1 Å². The van der Waals surface area contributed by atoms with Gasteiger partial charge in [0.15, 0.2) is 0 Å². The van der Waals surface area contributed by atoms with Crippen molar-refractivity contribution in [2.75, 3.05) is 0 Å². The Balaban J connectivity index is 1.37. The first-order valence-corrected chi connectivity index (χ1v) is 9.85. The first kappa shape index (κ1) is 18.0. The minimum Gasteiger partial charge on any atom is -0.507 e. The second kappa shape index (κ2) is 7.08. The van der Waals surface area contributed by atoms with Gasteiger partial charge in [0.2, 0.25) is 0 Å². The molecule has 1 aromatic carbocycles. The summed E-state index contributed by atoms with van der Waals surface area (Å²) < 4.78 is 16.6. The van der Waals surface area contributed by atoms with Crippen LogP contribution in [0.1, 0.15) is 25.0 Å². The quantitative estimate of drug-likeness (QED) is 0.712. The minimum absolute atomic E-state index is 0.0753. The van der Waals surface area contributed by atoms with Crippen molar-refractivity contribution in [1.29, 1.82) is 0 Å². The van der Waals surface area contributed by atoms with E-state index in [1.165, 1.54) is 0 Å². The Bertz CT molecular complexity index is 1030. The fourth-order valence-electron chi connectivity index (χ4n) is 4.48. The molecule has 4 heterocycles. The molecule has 2 unspecified atom stereocenters. The highest BCUT2D eigenvalue weighted by atomic mass is 19.1. The maximum Gasteiger partial charge on any atom is 0.127 e. The first-order chi connectivity index (χ1) is 14.1. The Morgan fingerprint density at radius 1 is 1.21 bits per heavy atom. The molecule has 2 aliphatic heterocycles. The van der Waals surface area contributed by atoms with Gasteiger partial charge >= 0.3 is 0 Å². The Kier molecular flexibility index (Phi) is 4.39. The fourth-order valence-corrected chi connectivity index (χ4v) is 4.48. The number of aromatic nitrogens is 4. The number of piperidine rings is 1. The SMILES string of the molecule is C=C(c1ccc(-c2ccc(-n3ccnc3)cc2O)nn1)[C@H]1CC2CCC(N2)[C@H]1F. The molecule has 2 fully saturated rings. The van der Waals surface area contributed by atoms with E-state index in [9.17, 15) is 9.50 Å². The number of nitrogens with zero attached hydrogens (tertiary/aromatic N) is 4. The molecule has 4 atom stereocenters. The van der Waals surface area contributed by atoms with E-state index in [0.717, 1.165) is 24.9 Å². The average Bonchev–Trinajstić information content (AvgIpc) is 3.41. The molecule has 0 radical (unpaired) electrons. The number of nitrogens with one attached hydrogen (secondary N) is 1. The zero-order chi connectivity index (χ0) is 20.0. The molecule has 7 heteroatoms. The van der Waals surface area contributed by atoms with Gasteiger partial charge in [-0.2, -0.15) is 5.10 Å². The van der Waals surface area contributed by atoms with Crippen LogP contribution in [-0.2, 0) is 0 Å². The van der Waals surface area contributed by atoms with Gasteiger partial charge in [0.25, 0.3) is 0 Å². The van der Waals surface area contributed by atoms with Gasteiger partial charge in [0.05, 0.1) is 23.4 Å². The van der Waals surface area contributed by atoms with Crippen molar-refractivity contribution in [3.63, 3.8) is 0 Å². The lowest BCUT2D eigenvalue weighted by atomic mass is 9.83. The lowest BCUT2D eigenvalue weighted by Gasteiger charge is -2.33. The van der Waals surface area contributed by atoms with E-state index in [-0.39, 0.29) is 17.7 Å². The second-order valence-electron chi connectivity index (χ2n) is 7.83. The van der Waals surface area contributed by atoms with Crippen molar-refractivity contribution in [2.24, 2.45) is 5.92 Å². The zero-order valence-corrected chi connectivity index (χ0v) is 15.9. The summed E-state index contributed by atoms with van der Waals surface area (Å²) in [6, 6.07) is 9.23. The van der Waals surface area contributed by atoms with Crippen molar-refractivity contribution in [2.45, 2.75) is 37.5 Å². The van der Waals surface area contributed by atoms with Crippen LogP contribution in [0.5, 0.6) is 5.75 Å². The number of fused-ring (bicyclic) bond motifs is 2. The minimum atomic E-state index is -0.942. The van der Waals surface area contributed by atoms with E-state index >= 15 is 0 Å². The lowest BCUT2D eigenvalue weighted by Crippen LogP contribution is -2.47. The number of alkyl halides is 1. The van der Waals surface area contributed by atoms with E-state index in [1.807, 2.05) is 16.7 Å². The fraction of sp³-hybridized carbons (Fsp3) is 0.318. The summed E-state index contributed by atoms with van der Waals surface area (Å²) in [4.78, 5) is 4.01. The molecule has 0 aliphatic carbocycles. The summed E-state index contributed by atoms with van der Waals surface area (Å²) in [5, 5.41) is 22.3. The largest absolute Gasteiger partial charge is 0.507 e. The van der Waals surface area contributed by atoms with Crippen molar-refractivity contribution < 1.29 is 9.50 Å². The topological polar surface area (TPSA) is 75.9 Å². The Morgan fingerprint density at radius 2 is 2.10 bits per heavy atom. The van der Waals surface area contributed by atoms with Gasteiger partial charge in [-0.25, -0.2) is 9.37 Å². The molecule has 6 nitrogen and oxygen atoms in total. The zero-order valence-electron chi connectivity index (χ0n) is 15.9. The third-order valence-electron chi connectivity index (χ3n) is 6.08. The highest BCUT2D eigenvalue weighted by Crippen LogP contribution is 2.39. The van der Waals surface area contributed by atoms with Crippen LogP contribution in [0.25, 0.3) is 22.5 Å². The van der Waals surface area contributed by atoms with E-state index < -0.39 is 6.17 Å². The molecular weight excluding hydrogens is 369 g/mol. The van der Waals surface area contributed by atoms with Crippen molar-refractivity contribution >= 4 is 5.57 Å². The number of allylic oxidation sites excluding steroid dienone is 1. The normalized spacial score (nSPS) is 25.8. The van der Waals surface area contributed by atoms with Gasteiger partial charge in [0, 0.05) is 42.0 Å². The van der Waals surface area contributed by atoms with Gasteiger partial charge in [0.1, 0.15) is 11.9 Å². The third kappa shape index (κ3) is 3.21. The molecule has 2 aromatic heterocycles. The molecular formula is C22H22FN5O. The Morgan fingerprint density at radius 3 is 2.83 bits per heavy atom. The summed E-state index contributed by atoms with van der Waals surface area (Å²) in [6.45, 7) is 4.13. The van der Waals surface area contributed by atoms with E-state index in [2.05, 4.69) is 27.1 Å². The van der Waals surface area contributed by atoms with Crippen molar-refractivity contribution in [1.82, 2.24) is 25.1 Å². The molecule has 29 heavy (non-hydrogen) atoms. The number of aromatic hydroxyl groups is 1. The number of rotatable bonds is 4. The van der Waals surface area contributed by atoms with Crippen molar-refractivity contribution in [3.8, 4) is 22.7 Å². The Labute approximate surface area is 168 Å². The number of halogens is 1. The van der Waals surface area contributed by atoms with Gasteiger partial charge in [-0.1, -0.05) is 6.58 Å². The molecule has 0 spiro atoms. The second-order valence-corrected chi connectivity index (χ2v) is 7.83. The molecule has 148 valence electrons. The number of benzene rings is 1. The highest BCUT2D eigenvalue weighted by Gasteiger charge is 2.43. The summed E-state index contributed by atoms with van der Waals surface area (Å²) in [5.41, 5.74) is 3.25. The molecule has 5 rings (SSSR count). The van der Waals surface area contributed by atoms with Crippen LogP contribution < -0.4 is 5.32 Å². The highest BCUT2D eigenvalue weighted by molar-refractivity contribution is 5.70. The monoisotopic (exact) mass is 391 g/mol. The molecule has 2 saturated heterocycles. The predicted molar refractivity (Wildman–Crippen MR) is 108 cm³/mol. The van der Waals surface area contributed by atoms with Gasteiger partial charge in [-0.3, -0.25) is 0 Å². The van der Waals surface area contributed by atoms with Crippen LogP contribution in [0.4, 0.5) is 4.39 Å². The van der Waals surface area contributed by atoms with Crippen LogP contribution in [0, 0.1) is 5.92 Å². The van der Waals surface area contributed by atoms with Gasteiger partial charge < -0.3 is 15.0 Å².